The first-order chi connectivity index (χ1) is 28.7. The highest BCUT2D eigenvalue weighted by molar-refractivity contribution is 6.25. The predicted molar refractivity (Wildman–Crippen MR) is 214 cm³/mol. The van der Waals surface area contributed by atoms with Crippen molar-refractivity contribution >= 4 is 51.9 Å². The summed E-state index contributed by atoms with van der Waals surface area (Å²) in [6.07, 6.45) is 6.10. The first kappa shape index (κ1) is 37.7. The van der Waals surface area contributed by atoms with Crippen molar-refractivity contribution in [2.45, 2.75) is 57.7 Å². The standard InChI is InChI=1S/C43H41N9O7/c1-24(53)50-17-12-35-31(23-50)39(49-52(35)27-13-18-59-19-14-27)28-5-2-4-25-20-34(47-22-30(25)28)26-8-9-33(46-21-26)40(55)45-16-15-44-32-7-3-6-29-38(32)43(58)51(42(29)57)36-10-11-37(54)48-41(36)56/h2-9,20-22,27,36,44H,10-19,23H2,1H3,(H,45,55)(H,48,54,56). The van der Waals surface area contributed by atoms with Crippen LogP contribution in [-0.4, -0.2) is 104 Å². The van der Waals surface area contributed by atoms with Crippen molar-refractivity contribution in [2.75, 3.05) is 38.2 Å². The molecule has 0 radical (unpaired) electrons. The molecule has 6 amide bonds. The summed E-state index contributed by atoms with van der Waals surface area (Å²) >= 11 is 0. The molecule has 0 bridgehead atoms. The third-order valence-corrected chi connectivity index (χ3v) is 11.6. The number of nitrogens with one attached hydrogen (secondary N) is 3. The maximum atomic E-state index is 13.4. The SMILES string of the molecule is CC(=O)N1CCc2c(c(-c3cccc4cc(-c5ccc(C(=O)NCCNc6cccc7c6C(=O)N(C6CCC(=O)NC6=O)C7=O)nc5)ncc34)nn2C2CCOCC2)C1. The predicted octanol–water partition coefficient (Wildman–Crippen LogP) is 3.66. The van der Waals surface area contributed by atoms with Crippen molar-refractivity contribution in [3.05, 3.63) is 95.1 Å². The van der Waals surface area contributed by atoms with Gasteiger partial charge in [0.2, 0.25) is 17.7 Å². The van der Waals surface area contributed by atoms with Crippen molar-refractivity contribution in [3.8, 4) is 22.5 Å². The molecule has 5 aromatic rings. The molecule has 2 aromatic carbocycles. The van der Waals surface area contributed by atoms with Crippen LogP contribution in [0.5, 0.6) is 0 Å². The number of anilines is 1. The van der Waals surface area contributed by atoms with E-state index < -0.39 is 35.6 Å². The lowest BCUT2D eigenvalue weighted by atomic mass is 9.96. The summed E-state index contributed by atoms with van der Waals surface area (Å²) in [5, 5.41) is 15.3. The van der Waals surface area contributed by atoms with Crippen molar-refractivity contribution in [1.82, 2.24) is 40.2 Å². The fourth-order valence-electron chi connectivity index (χ4n) is 8.50. The van der Waals surface area contributed by atoms with Crippen LogP contribution in [0.1, 0.15) is 81.1 Å². The molecule has 0 aliphatic carbocycles. The van der Waals surface area contributed by atoms with E-state index in [1.165, 1.54) is 11.8 Å². The molecule has 3 N–H and O–H groups in total. The first-order valence-corrected chi connectivity index (χ1v) is 19.8. The van der Waals surface area contributed by atoms with Crippen molar-refractivity contribution in [3.63, 3.8) is 0 Å². The molecule has 16 nitrogen and oxygen atoms in total. The number of imide groups is 2. The Bertz CT molecular complexity index is 2560. The van der Waals surface area contributed by atoms with Crippen LogP contribution in [-0.2, 0) is 32.1 Å². The number of amides is 6. The van der Waals surface area contributed by atoms with E-state index in [1.54, 1.807) is 37.4 Å². The van der Waals surface area contributed by atoms with Crippen LogP contribution in [0.2, 0.25) is 0 Å². The van der Waals surface area contributed by atoms with E-state index in [2.05, 4.69) is 31.7 Å². The molecule has 1 unspecified atom stereocenters. The molecule has 7 heterocycles. The van der Waals surface area contributed by atoms with E-state index in [0.29, 0.717) is 37.7 Å². The molecule has 300 valence electrons. The molecular weight excluding hydrogens is 755 g/mol. The average Bonchev–Trinajstić information content (AvgIpc) is 3.76. The zero-order chi connectivity index (χ0) is 40.8. The number of hydrogen-bond acceptors (Lipinski definition) is 11. The molecule has 0 spiro atoms. The number of benzene rings is 2. The number of ether oxygens (including phenoxy) is 1. The number of aromatic nitrogens is 4. The topological polar surface area (TPSA) is 198 Å². The van der Waals surface area contributed by atoms with Crippen molar-refractivity contribution in [2.24, 2.45) is 0 Å². The van der Waals surface area contributed by atoms with E-state index in [4.69, 9.17) is 14.8 Å². The number of nitrogens with zero attached hydrogens (tertiary/aromatic N) is 6. The van der Waals surface area contributed by atoms with E-state index in [-0.39, 0.29) is 54.7 Å². The molecule has 3 aromatic heterocycles. The van der Waals surface area contributed by atoms with Gasteiger partial charge in [-0.25, -0.2) is 0 Å². The second-order valence-corrected chi connectivity index (χ2v) is 15.1. The highest BCUT2D eigenvalue weighted by Gasteiger charge is 2.45. The molecular formula is C43H41N9O7. The Hall–Kier alpha value is -6.81. The Morgan fingerprint density at radius 1 is 0.898 bits per heavy atom. The summed E-state index contributed by atoms with van der Waals surface area (Å²) in [4.78, 5) is 88.1. The van der Waals surface area contributed by atoms with Gasteiger partial charge in [-0.05, 0) is 55.0 Å². The molecule has 16 heteroatoms. The van der Waals surface area contributed by atoms with Gasteiger partial charge in [-0.1, -0.05) is 24.3 Å². The fraction of sp³-hybridized carbons (Fsp3) is 0.326. The zero-order valence-electron chi connectivity index (χ0n) is 32.3. The van der Waals surface area contributed by atoms with Crippen LogP contribution in [0.15, 0.2) is 67.0 Å². The van der Waals surface area contributed by atoms with Crippen molar-refractivity contribution < 1.29 is 33.5 Å². The lowest BCUT2D eigenvalue weighted by Crippen LogP contribution is -2.54. The summed E-state index contributed by atoms with van der Waals surface area (Å²) in [5.41, 5.74) is 6.44. The molecule has 59 heavy (non-hydrogen) atoms. The quantitative estimate of drug-likeness (QED) is 0.145. The molecule has 4 aliphatic heterocycles. The van der Waals surface area contributed by atoms with Crippen molar-refractivity contribution in [1.29, 1.82) is 0 Å². The van der Waals surface area contributed by atoms with E-state index in [1.807, 2.05) is 29.3 Å². The maximum absolute atomic E-state index is 13.4. The largest absolute Gasteiger partial charge is 0.383 e. The molecule has 2 fully saturated rings. The van der Waals surface area contributed by atoms with Gasteiger partial charge in [0.15, 0.2) is 0 Å². The fourth-order valence-corrected chi connectivity index (χ4v) is 8.50. The number of hydrogen-bond donors (Lipinski definition) is 3. The summed E-state index contributed by atoms with van der Waals surface area (Å²) < 4.78 is 7.82. The average molecular weight is 796 g/mol. The lowest BCUT2D eigenvalue weighted by Gasteiger charge is -2.29. The van der Waals surface area contributed by atoms with Crippen LogP contribution in [0.3, 0.4) is 0 Å². The summed E-state index contributed by atoms with van der Waals surface area (Å²) in [6, 6.07) is 15.5. The smallest absolute Gasteiger partial charge is 0.269 e. The minimum absolute atomic E-state index is 0.0327. The van der Waals surface area contributed by atoms with Crippen LogP contribution in [0.25, 0.3) is 33.3 Å². The minimum Gasteiger partial charge on any atom is -0.383 e. The molecule has 2 saturated heterocycles. The van der Waals surface area contributed by atoms with Gasteiger partial charge >= 0.3 is 0 Å². The van der Waals surface area contributed by atoms with E-state index >= 15 is 0 Å². The van der Waals surface area contributed by atoms with Gasteiger partial charge in [0, 0.05) is 105 Å². The second-order valence-electron chi connectivity index (χ2n) is 15.1. The van der Waals surface area contributed by atoms with Crippen LogP contribution >= 0.6 is 0 Å². The molecule has 4 aliphatic rings. The summed E-state index contributed by atoms with van der Waals surface area (Å²) in [7, 11) is 0. The molecule has 0 saturated carbocycles. The highest BCUT2D eigenvalue weighted by atomic mass is 16.5. The minimum atomic E-state index is -1.06. The van der Waals surface area contributed by atoms with Gasteiger partial charge in [-0.3, -0.25) is 53.6 Å². The third-order valence-electron chi connectivity index (χ3n) is 11.6. The summed E-state index contributed by atoms with van der Waals surface area (Å²) in [5.74, 6) is -2.67. The van der Waals surface area contributed by atoms with Gasteiger partial charge in [0.05, 0.1) is 28.6 Å². The Balaban J connectivity index is 0.866. The molecule has 1 atom stereocenters. The second kappa shape index (κ2) is 15.5. The number of carbonyl (C=O) groups is 6. The van der Waals surface area contributed by atoms with Gasteiger partial charge in [-0.15, -0.1) is 0 Å². The first-order valence-electron chi connectivity index (χ1n) is 19.8. The Morgan fingerprint density at radius 2 is 1.71 bits per heavy atom. The van der Waals surface area contributed by atoms with Crippen LogP contribution in [0, 0.1) is 0 Å². The normalized spacial score (nSPS) is 18.2. The number of pyridine rings is 2. The monoisotopic (exact) mass is 795 g/mol. The lowest BCUT2D eigenvalue weighted by molar-refractivity contribution is -0.136. The highest BCUT2D eigenvalue weighted by Crippen LogP contribution is 2.38. The third kappa shape index (κ3) is 6.98. The van der Waals surface area contributed by atoms with Gasteiger partial charge in [0.25, 0.3) is 17.7 Å². The maximum Gasteiger partial charge on any atom is 0.269 e. The molecule has 9 rings (SSSR count). The Kier molecular flexibility index (Phi) is 9.92. The van der Waals surface area contributed by atoms with Gasteiger partial charge in [0.1, 0.15) is 11.7 Å². The Morgan fingerprint density at radius 3 is 2.49 bits per heavy atom. The van der Waals surface area contributed by atoms with Gasteiger partial charge in [-0.2, -0.15) is 5.10 Å². The number of piperidine rings is 1. The Labute approximate surface area is 338 Å². The number of carbonyl (C=O) groups excluding carboxylic acids is 6. The van der Waals surface area contributed by atoms with E-state index in [9.17, 15) is 28.8 Å². The number of fused-ring (bicyclic) bond motifs is 3. The van der Waals surface area contributed by atoms with Gasteiger partial charge < -0.3 is 20.3 Å². The number of rotatable bonds is 9. The van der Waals surface area contributed by atoms with Crippen LogP contribution in [0.4, 0.5) is 5.69 Å². The summed E-state index contributed by atoms with van der Waals surface area (Å²) in [6.45, 7) is 4.61. The van der Waals surface area contributed by atoms with Crippen LogP contribution < -0.4 is 16.0 Å². The van der Waals surface area contributed by atoms with E-state index in [0.717, 1.165) is 57.3 Å². The zero-order valence-corrected chi connectivity index (χ0v) is 32.3.